The summed E-state index contributed by atoms with van der Waals surface area (Å²) >= 11 is 0. The molecule has 1 saturated carbocycles. The summed E-state index contributed by atoms with van der Waals surface area (Å²) in [6.45, 7) is 0.657. The number of anilines is 1. The number of hydrogen-bond acceptors (Lipinski definition) is 3. The van der Waals surface area contributed by atoms with Crippen LogP contribution in [0.4, 0.5) is 10.5 Å². The minimum atomic E-state index is -0.0580. The van der Waals surface area contributed by atoms with E-state index < -0.39 is 0 Å². The van der Waals surface area contributed by atoms with Crippen molar-refractivity contribution in [2.45, 2.75) is 63.8 Å². The van der Waals surface area contributed by atoms with Gasteiger partial charge >= 0.3 is 6.03 Å². The highest BCUT2D eigenvalue weighted by Crippen LogP contribution is 2.17. The first-order valence-corrected chi connectivity index (χ1v) is 8.98. The monoisotopic (exact) mass is 332 g/mol. The first kappa shape index (κ1) is 18.2. The van der Waals surface area contributed by atoms with Gasteiger partial charge in [-0.05, 0) is 37.8 Å². The molecule has 0 radical (unpaired) electrons. The molecule has 6 heteroatoms. The van der Waals surface area contributed by atoms with Crippen LogP contribution in [0.15, 0.2) is 24.5 Å². The van der Waals surface area contributed by atoms with E-state index in [9.17, 15) is 9.59 Å². The molecule has 0 spiro atoms. The molecule has 1 aromatic rings. The SMILES string of the molecule is O=C(CCCCCNC(=O)NC1CCCCC1)Nc1ccncc1. The molecule has 24 heavy (non-hydrogen) atoms. The van der Waals surface area contributed by atoms with Crippen LogP contribution < -0.4 is 16.0 Å². The van der Waals surface area contributed by atoms with Gasteiger partial charge in [-0.3, -0.25) is 9.78 Å². The molecule has 0 aromatic carbocycles. The second kappa shape index (κ2) is 10.6. The highest BCUT2D eigenvalue weighted by atomic mass is 16.2. The maximum absolute atomic E-state index is 11.8. The van der Waals surface area contributed by atoms with Crippen molar-refractivity contribution in [3.8, 4) is 0 Å². The van der Waals surface area contributed by atoms with Crippen LogP contribution in [0.2, 0.25) is 0 Å². The lowest BCUT2D eigenvalue weighted by atomic mass is 9.96. The van der Waals surface area contributed by atoms with E-state index in [-0.39, 0.29) is 11.9 Å². The lowest BCUT2D eigenvalue weighted by Gasteiger charge is -2.22. The molecular weight excluding hydrogens is 304 g/mol. The third-order valence-corrected chi connectivity index (χ3v) is 4.27. The molecule has 1 fully saturated rings. The van der Waals surface area contributed by atoms with Crippen LogP contribution in [0.5, 0.6) is 0 Å². The van der Waals surface area contributed by atoms with Crippen LogP contribution in [0.3, 0.4) is 0 Å². The molecule has 3 N–H and O–H groups in total. The van der Waals surface area contributed by atoms with Crippen molar-refractivity contribution >= 4 is 17.6 Å². The number of rotatable bonds is 8. The number of nitrogens with zero attached hydrogens (tertiary/aromatic N) is 1. The fraction of sp³-hybridized carbons (Fsp3) is 0.611. The van der Waals surface area contributed by atoms with E-state index in [1.54, 1.807) is 24.5 Å². The zero-order valence-electron chi connectivity index (χ0n) is 14.2. The average molecular weight is 332 g/mol. The Morgan fingerprint density at radius 3 is 2.54 bits per heavy atom. The van der Waals surface area contributed by atoms with Crippen LogP contribution in [-0.4, -0.2) is 29.5 Å². The predicted octanol–water partition coefficient (Wildman–Crippen LogP) is 3.21. The molecule has 2 rings (SSSR count). The first-order valence-electron chi connectivity index (χ1n) is 8.98. The van der Waals surface area contributed by atoms with E-state index in [1.165, 1.54) is 19.3 Å². The summed E-state index contributed by atoms with van der Waals surface area (Å²) in [5, 5.41) is 8.77. The number of hydrogen-bond donors (Lipinski definition) is 3. The van der Waals surface area contributed by atoms with Crippen molar-refractivity contribution in [1.82, 2.24) is 15.6 Å². The standard InChI is InChI=1S/C18H28N4O2/c23-17(21-16-10-13-19-14-11-16)9-5-2-6-12-20-18(24)22-15-7-3-1-4-8-15/h10-11,13-15H,1-9,12H2,(H,19,21,23)(H2,20,22,24). The quantitative estimate of drug-likeness (QED) is 0.639. The Bertz CT molecular complexity index is 501. The highest BCUT2D eigenvalue weighted by molar-refractivity contribution is 5.90. The molecule has 1 aliphatic rings. The van der Waals surface area contributed by atoms with E-state index in [2.05, 4.69) is 20.9 Å². The zero-order valence-corrected chi connectivity index (χ0v) is 14.2. The summed E-state index contributed by atoms with van der Waals surface area (Å²) in [5.74, 6) is 0.0178. The molecule has 0 atom stereocenters. The number of pyridine rings is 1. The molecule has 0 saturated heterocycles. The van der Waals surface area contributed by atoms with Crippen molar-refractivity contribution < 1.29 is 9.59 Å². The molecule has 132 valence electrons. The van der Waals surface area contributed by atoms with Gasteiger partial charge < -0.3 is 16.0 Å². The molecule has 1 aliphatic carbocycles. The maximum Gasteiger partial charge on any atom is 0.315 e. The lowest BCUT2D eigenvalue weighted by Crippen LogP contribution is -2.43. The average Bonchev–Trinajstić information content (AvgIpc) is 2.60. The van der Waals surface area contributed by atoms with Crippen molar-refractivity contribution in [2.75, 3.05) is 11.9 Å². The number of nitrogens with one attached hydrogen (secondary N) is 3. The first-order chi connectivity index (χ1) is 11.7. The number of urea groups is 1. The summed E-state index contributed by atoms with van der Waals surface area (Å²) < 4.78 is 0. The van der Waals surface area contributed by atoms with Gasteiger partial charge in [0.15, 0.2) is 0 Å². The van der Waals surface area contributed by atoms with Gasteiger partial charge in [-0.1, -0.05) is 25.7 Å². The van der Waals surface area contributed by atoms with Gasteiger partial charge in [0.2, 0.25) is 5.91 Å². The third kappa shape index (κ3) is 7.44. The van der Waals surface area contributed by atoms with Gasteiger partial charge in [0.25, 0.3) is 0 Å². The summed E-state index contributed by atoms with van der Waals surface area (Å²) in [4.78, 5) is 27.4. The van der Waals surface area contributed by atoms with Crippen molar-refractivity contribution in [2.24, 2.45) is 0 Å². The third-order valence-electron chi connectivity index (χ3n) is 4.27. The van der Waals surface area contributed by atoms with E-state index in [0.29, 0.717) is 19.0 Å². The largest absolute Gasteiger partial charge is 0.338 e. The van der Waals surface area contributed by atoms with E-state index >= 15 is 0 Å². The number of unbranched alkanes of at least 4 members (excludes halogenated alkanes) is 2. The molecule has 3 amide bonds. The Labute approximate surface area is 143 Å². The Balaban J connectivity index is 1.46. The number of amides is 3. The summed E-state index contributed by atoms with van der Waals surface area (Å²) in [7, 11) is 0. The van der Waals surface area contributed by atoms with Gasteiger partial charge in [0.1, 0.15) is 0 Å². The number of aromatic nitrogens is 1. The molecule has 0 unspecified atom stereocenters. The second-order valence-corrected chi connectivity index (χ2v) is 6.33. The minimum absolute atomic E-state index is 0.0178. The van der Waals surface area contributed by atoms with Gasteiger partial charge in [0.05, 0.1) is 0 Å². The normalized spacial score (nSPS) is 14.8. The summed E-state index contributed by atoms with van der Waals surface area (Å²) in [5.41, 5.74) is 0.774. The Kier molecular flexibility index (Phi) is 8.07. The van der Waals surface area contributed by atoms with Crippen LogP contribution >= 0.6 is 0 Å². The summed E-state index contributed by atoms with van der Waals surface area (Å²) in [6, 6.07) is 3.83. The van der Waals surface area contributed by atoms with Crippen molar-refractivity contribution in [1.29, 1.82) is 0 Å². The van der Waals surface area contributed by atoms with E-state index in [1.807, 2.05) is 0 Å². The second-order valence-electron chi connectivity index (χ2n) is 6.33. The van der Waals surface area contributed by atoms with Crippen LogP contribution in [0.25, 0.3) is 0 Å². The number of carbonyl (C=O) groups excluding carboxylic acids is 2. The smallest absolute Gasteiger partial charge is 0.315 e. The lowest BCUT2D eigenvalue weighted by molar-refractivity contribution is -0.116. The molecule has 1 heterocycles. The fourth-order valence-corrected chi connectivity index (χ4v) is 2.93. The molecular formula is C18H28N4O2. The Morgan fingerprint density at radius 2 is 1.79 bits per heavy atom. The van der Waals surface area contributed by atoms with Gasteiger partial charge in [-0.2, -0.15) is 0 Å². The maximum atomic E-state index is 11.8. The Hall–Kier alpha value is -2.11. The highest BCUT2D eigenvalue weighted by Gasteiger charge is 2.14. The minimum Gasteiger partial charge on any atom is -0.338 e. The topological polar surface area (TPSA) is 83.1 Å². The zero-order chi connectivity index (χ0) is 17.0. The summed E-state index contributed by atoms with van der Waals surface area (Å²) in [6.07, 6.45) is 12.3. The molecule has 0 bridgehead atoms. The molecule has 0 aliphatic heterocycles. The van der Waals surface area contributed by atoms with Gasteiger partial charge in [0, 0.05) is 37.1 Å². The van der Waals surface area contributed by atoms with Gasteiger partial charge in [-0.25, -0.2) is 4.79 Å². The van der Waals surface area contributed by atoms with Crippen molar-refractivity contribution in [3.05, 3.63) is 24.5 Å². The van der Waals surface area contributed by atoms with Crippen molar-refractivity contribution in [3.63, 3.8) is 0 Å². The van der Waals surface area contributed by atoms with Crippen LogP contribution in [0.1, 0.15) is 57.8 Å². The van der Waals surface area contributed by atoms with Gasteiger partial charge in [-0.15, -0.1) is 0 Å². The fourth-order valence-electron chi connectivity index (χ4n) is 2.93. The van der Waals surface area contributed by atoms with E-state index in [0.717, 1.165) is 37.8 Å². The van der Waals surface area contributed by atoms with Crippen LogP contribution in [-0.2, 0) is 4.79 Å². The number of carbonyl (C=O) groups is 2. The predicted molar refractivity (Wildman–Crippen MR) is 94.7 cm³/mol. The van der Waals surface area contributed by atoms with Crippen LogP contribution in [0, 0.1) is 0 Å². The van der Waals surface area contributed by atoms with E-state index in [4.69, 9.17) is 0 Å². The Morgan fingerprint density at radius 1 is 1.04 bits per heavy atom. The molecule has 1 aromatic heterocycles. The molecule has 6 nitrogen and oxygen atoms in total.